The Bertz CT molecular complexity index is 1870. The molecule has 0 radical (unpaired) electrons. The van der Waals surface area contributed by atoms with Crippen LogP contribution in [0, 0.1) is 5.92 Å². The van der Waals surface area contributed by atoms with Gasteiger partial charge >= 0.3 is 0 Å². The van der Waals surface area contributed by atoms with Gasteiger partial charge in [0.05, 0.1) is 16.8 Å². The summed E-state index contributed by atoms with van der Waals surface area (Å²) < 4.78 is 9.61. The fraction of sp³-hybridized carbons (Fsp3) is 0.161. The summed E-state index contributed by atoms with van der Waals surface area (Å²) >= 11 is 7.30. The molecule has 40 heavy (non-hydrogen) atoms. The number of benzene rings is 3. The normalized spacial score (nSPS) is 12.1. The Morgan fingerprint density at radius 1 is 0.950 bits per heavy atom. The van der Waals surface area contributed by atoms with Crippen LogP contribution in [0.2, 0.25) is 5.02 Å². The van der Waals surface area contributed by atoms with Crippen LogP contribution in [-0.4, -0.2) is 31.0 Å². The second-order valence-corrected chi connectivity index (χ2v) is 11.3. The third-order valence-electron chi connectivity index (χ3n) is 6.43. The molecule has 0 N–H and O–H groups in total. The Morgan fingerprint density at radius 3 is 2.38 bits per heavy atom. The molecule has 0 atom stereocenters. The second-order valence-electron chi connectivity index (χ2n) is 9.82. The molecule has 0 fully saturated rings. The molecule has 0 amide bonds. The molecule has 9 heteroatoms. The average molecular weight is 568 g/mol. The van der Waals surface area contributed by atoms with Gasteiger partial charge in [-0.1, -0.05) is 55.0 Å². The van der Waals surface area contributed by atoms with E-state index in [2.05, 4.69) is 23.9 Å². The van der Waals surface area contributed by atoms with Crippen LogP contribution < -0.4 is 14.8 Å². The maximum absolute atomic E-state index is 13.3. The molecule has 0 unspecified atom stereocenters. The van der Waals surface area contributed by atoms with Gasteiger partial charge in [0.25, 0.3) is 5.56 Å². The molecule has 0 aliphatic heterocycles. The Morgan fingerprint density at radius 2 is 1.68 bits per heavy atom. The van der Waals surface area contributed by atoms with Crippen molar-refractivity contribution in [2.24, 2.45) is 5.92 Å². The fourth-order valence-corrected chi connectivity index (χ4v) is 5.27. The van der Waals surface area contributed by atoms with E-state index >= 15 is 0 Å². The van der Waals surface area contributed by atoms with Gasteiger partial charge in [-0.05, 0) is 79.1 Å². The molecule has 7 nitrogen and oxygen atoms in total. The monoisotopic (exact) mass is 567 g/mol. The highest BCUT2D eigenvalue weighted by Gasteiger charge is 2.15. The number of ether oxygens (including phenoxy) is 1. The number of nitrogens with zero attached hydrogens (tertiary/aromatic N) is 5. The predicted octanol–water partition coefficient (Wildman–Crippen LogP) is 6.30. The van der Waals surface area contributed by atoms with Crippen LogP contribution in [0.4, 0.5) is 0 Å². The number of aromatic nitrogens is 5. The van der Waals surface area contributed by atoms with Crippen molar-refractivity contribution in [2.75, 3.05) is 6.61 Å². The largest absolute Gasteiger partial charge is 0.494 e. The number of thiazole rings is 1. The van der Waals surface area contributed by atoms with E-state index in [1.807, 2.05) is 83.7 Å². The van der Waals surface area contributed by atoms with E-state index in [0.29, 0.717) is 32.9 Å². The standard InChI is InChI=1S/C31H26ClN5O2S/c1-20(2)16-17-39-26-14-10-21(11-15-26)28-23(19-36(34-28)25-6-4-3-5-7-25)18-27-30(38)37-31(40-27)33-29(35-37)22-8-12-24(32)13-9-22/h3-15,18-20H,16-17H2,1-2H3/b27-18-. The minimum Gasteiger partial charge on any atom is -0.494 e. The molecule has 6 aromatic rings. The zero-order chi connectivity index (χ0) is 27.6. The van der Waals surface area contributed by atoms with Crippen LogP contribution in [0.5, 0.6) is 5.75 Å². The maximum Gasteiger partial charge on any atom is 0.291 e. The van der Waals surface area contributed by atoms with E-state index in [4.69, 9.17) is 21.4 Å². The predicted molar refractivity (Wildman–Crippen MR) is 160 cm³/mol. The molecule has 0 aliphatic rings. The van der Waals surface area contributed by atoms with E-state index in [1.54, 1.807) is 12.1 Å². The van der Waals surface area contributed by atoms with Crippen molar-refractivity contribution in [1.82, 2.24) is 24.4 Å². The molecule has 200 valence electrons. The van der Waals surface area contributed by atoms with Crippen LogP contribution in [0.25, 0.3) is 39.4 Å². The lowest BCUT2D eigenvalue weighted by atomic mass is 10.1. The van der Waals surface area contributed by atoms with E-state index in [-0.39, 0.29) is 5.56 Å². The van der Waals surface area contributed by atoms with E-state index in [1.165, 1.54) is 15.9 Å². The SMILES string of the molecule is CC(C)CCOc1ccc(-c2nn(-c3ccccc3)cc2/C=c2\sc3nc(-c4ccc(Cl)cc4)nn3c2=O)cc1. The van der Waals surface area contributed by atoms with Gasteiger partial charge in [-0.3, -0.25) is 4.79 Å². The highest BCUT2D eigenvalue weighted by molar-refractivity contribution is 7.15. The highest BCUT2D eigenvalue weighted by atomic mass is 35.5. The molecular weight excluding hydrogens is 542 g/mol. The van der Waals surface area contributed by atoms with Crippen molar-refractivity contribution in [1.29, 1.82) is 0 Å². The van der Waals surface area contributed by atoms with Crippen molar-refractivity contribution in [3.63, 3.8) is 0 Å². The lowest BCUT2D eigenvalue weighted by molar-refractivity contribution is 0.289. The van der Waals surface area contributed by atoms with Crippen molar-refractivity contribution in [2.45, 2.75) is 20.3 Å². The zero-order valence-corrected chi connectivity index (χ0v) is 23.6. The van der Waals surface area contributed by atoms with E-state index in [0.717, 1.165) is 40.2 Å². The number of halogens is 1. The minimum absolute atomic E-state index is 0.222. The lowest BCUT2D eigenvalue weighted by Crippen LogP contribution is -2.23. The second kappa shape index (κ2) is 11.1. The summed E-state index contributed by atoms with van der Waals surface area (Å²) in [5.41, 5.74) is 4.01. The molecule has 0 saturated heterocycles. The first-order chi connectivity index (χ1) is 19.4. The Kier molecular flexibility index (Phi) is 7.19. The van der Waals surface area contributed by atoms with Crippen molar-refractivity contribution >= 4 is 34.0 Å². The Hall–Kier alpha value is -4.27. The van der Waals surface area contributed by atoms with Crippen molar-refractivity contribution in [3.8, 4) is 34.1 Å². The molecule has 3 heterocycles. The summed E-state index contributed by atoms with van der Waals surface area (Å²) in [4.78, 5) is 18.4. The Labute approximate surface area is 240 Å². The minimum atomic E-state index is -0.222. The van der Waals surface area contributed by atoms with Gasteiger partial charge in [-0.25, -0.2) is 4.68 Å². The smallest absolute Gasteiger partial charge is 0.291 e. The molecule has 0 aliphatic carbocycles. The summed E-state index contributed by atoms with van der Waals surface area (Å²) in [7, 11) is 0. The van der Waals surface area contributed by atoms with Gasteiger partial charge in [0.15, 0.2) is 5.82 Å². The maximum atomic E-state index is 13.3. The first kappa shape index (κ1) is 26.0. The van der Waals surface area contributed by atoms with Gasteiger partial charge in [0, 0.05) is 27.9 Å². The number of para-hydroxylation sites is 1. The molecule has 3 aromatic carbocycles. The molecule has 0 bridgehead atoms. The molecule has 6 rings (SSSR count). The molecule has 0 saturated carbocycles. The third-order valence-corrected chi connectivity index (χ3v) is 7.64. The third kappa shape index (κ3) is 5.41. The molecule has 3 aromatic heterocycles. The average Bonchev–Trinajstić information content (AvgIpc) is 3.65. The first-order valence-electron chi connectivity index (χ1n) is 13.0. The van der Waals surface area contributed by atoms with Crippen LogP contribution in [0.15, 0.2) is 89.9 Å². The highest BCUT2D eigenvalue weighted by Crippen LogP contribution is 2.27. The lowest BCUT2D eigenvalue weighted by Gasteiger charge is -2.08. The summed E-state index contributed by atoms with van der Waals surface area (Å²) in [5.74, 6) is 1.89. The number of rotatable bonds is 8. The van der Waals surface area contributed by atoms with Gasteiger partial charge in [0.1, 0.15) is 11.4 Å². The van der Waals surface area contributed by atoms with Crippen molar-refractivity contribution in [3.05, 3.63) is 111 Å². The summed E-state index contributed by atoms with van der Waals surface area (Å²) in [6, 6.07) is 25.0. The molecular formula is C31H26ClN5O2S. The van der Waals surface area contributed by atoms with Gasteiger partial charge in [-0.15, -0.1) is 5.10 Å². The fourth-order valence-electron chi connectivity index (χ4n) is 4.25. The zero-order valence-electron chi connectivity index (χ0n) is 22.0. The quantitative estimate of drug-likeness (QED) is 0.216. The van der Waals surface area contributed by atoms with Crippen molar-refractivity contribution < 1.29 is 4.74 Å². The van der Waals surface area contributed by atoms with Gasteiger partial charge in [-0.2, -0.15) is 14.6 Å². The molecule has 0 spiro atoms. The van der Waals surface area contributed by atoms with Crippen LogP contribution in [0.3, 0.4) is 0 Å². The summed E-state index contributed by atoms with van der Waals surface area (Å²) in [5, 5.41) is 9.98. The summed E-state index contributed by atoms with van der Waals surface area (Å²) in [6.07, 6.45) is 4.80. The van der Waals surface area contributed by atoms with Crippen LogP contribution in [-0.2, 0) is 0 Å². The first-order valence-corrected chi connectivity index (χ1v) is 14.2. The Balaban J connectivity index is 1.38. The summed E-state index contributed by atoms with van der Waals surface area (Å²) in [6.45, 7) is 5.04. The van der Waals surface area contributed by atoms with E-state index < -0.39 is 0 Å². The number of fused-ring (bicyclic) bond motifs is 1. The van der Waals surface area contributed by atoms with Crippen LogP contribution >= 0.6 is 22.9 Å². The number of hydrogen-bond acceptors (Lipinski definition) is 6. The van der Waals surface area contributed by atoms with Gasteiger partial charge < -0.3 is 4.74 Å². The van der Waals surface area contributed by atoms with Gasteiger partial charge in [0.2, 0.25) is 4.96 Å². The van der Waals surface area contributed by atoms with Crippen LogP contribution in [0.1, 0.15) is 25.8 Å². The topological polar surface area (TPSA) is 74.3 Å². The number of hydrogen-bond donors (Lipinski definition) is 0. The van der Waals surface area contributed by atoms with E-state index in [9.17, 15) is 4.79 Å².